The number of benzene rings is 2. The van der Waals surface area contributed by atoms with Crippen molar-refractivity contribution in [3.8, 4) is 5.75 Å². The van der Waals surface area contributed by atoms with Crippen LogP contribution in [0, 0.1) is 0 Å². The second-order valence-corrected chi connectivity index (χ2v) is 7.14. The first-order chi connectivity index (χ1) is 12.3. The van der Waals surface area contributed by atoms with Crippen LogP contribution in [0.1, 0.15) is 47.1 Å². The lowest BCUT2D eigenvalue weighted by atomic mass is 10.1. The van der Waals surface area contributed by atoms with Crippen LogP contribution in [-0.2, 0) is 6.42 Å². The van der Waals surface area contributed by atoms with Gasteiger partial charge in [0.1, 0.15) is 5.75 Å². The van der Waals surface area contributed by atoms with Gasteiger partial charge >= 0.3 is 0 Å². The van der Waals surface area contributed by atoms with Crippen LogP contribution in [0.25, 0.3) is 0 Å². The van der Waals surface area contributed by atoms with Crippen molar-refractivity contribution in [1.29, 1.82) is 0 Å². The molecule has 2 amide bonds. The largest absolute Gasteiger partial charge is 0.497 e. The van der Waals surface area contributed by atoms with Crippen molar-refractivity contribution in [2.75, 3.05) is 13.7 Å². The molecule has 138 valence electrons. The number of amides is 2. The summed E-state index contributed by atoms with van der Waals surface area (Å²) in [7, 11) is 1.63. The highest BCUT2D eigenvalue weighted by Gasteiger charge is 2.16. The van der Waals surface area contributed by atoms with Crippen molar-refractivity contribution in [3.63, 3.8) is 0 Å². The third kappa shape index (κ3) is 5.92. The lowest BCUT2D eigenvalue weighted by molar-refractivity contribution is 0.0919. The van der Waals surface area contributed by atoms with Gasteiger partial charge in [-0.2, -0.15) is 0 Å². The molecule has 2 aromatic carbocycles. The average Bonchev–Trinajstić information content (AvgIpc) is 2.61. The van der Waals surface area contributed by atoms with E-state index in [0.717, 1.165) is 17.7 Å². The smallest absolute Gasteiger partial charge is 0.251 e. The van der Waals surface area contributed by atoms with E-state index in [9.17, 15) is 9.59 Å². The van der Waals surface area contributed by atoms with Crippen molar-refractivity contribution < 1.29 is 14.3 Å². The quantitative estimate of drug-likeness (QED) is 0.837. The minimum atomic E-state index is -0.326. The van der Waals surface area contributed by atoms with E-state index < -0.39 is 0 Å². The van der Waals surface area contributed by atoms with Crippen LogP contribution in [0.3, 0.4) is 0 Å². The van der Waals surface area contributed by atoms with Gasteiger partial charge in [0.25, 0.3) is 11.8 Å². The van der Waals surface area contributed by atoms with Crippen molar-refractivity contribution >= 4 is 11.8 Å². The maximum Gasteiger partial charge on any atom is 0.251 e. The van der Waals surface area contributed by atoms with Gasteiger partial charge in [0, 0.05) is 23.2 Å². The summed E-state index contributed by atoms with van der Waals surface area (Å²) in [6.45, 7) is 6.27. The van der Waals surface area contributed by atoms with Crippen LogP contribution in [-0.4, -0.2) is 31.0 Å². The van der Waals surface area contributed by atoms with Gasteiger partial charge in [0.15, 0.2) is 0 Å². The molecule has 5 heteroatoms. The SMILES string of the molecule is COc1ccc(CCNC(=O)c2cccc(C(=O)NC(C)(C)C)c2)cc1. The second-order valence-electron chi connectivity index (χ2n) is 7.14. The number of hydrogen-bond acceptors (Lipinski definition) is 3. The Kier molecular flexibility index (Phi) is 6.39. The number of rotatable bonds is 6. The van der Waals surface area contributed by atoms with Crippen molar-refractivity contribution in [1.82, 2.24) is 10.6 Å². The van der Waals surface area contributed by atoms with E-state index in [0.29, 0.717) is 17.7 Å². The Morgan fingerprint density at radius 1 is 0.962 bits per heavy atom. The van der Waals surface area contributed by atoms with E-state index in [4.69, 9.17) is 4.74 Å². The molecular weight excluding hydrogens is 328 g/mol. The van der Waals surface area contributed by atoms with Crippen LogP contribution < -0.4 is 15.4 Å². The molecular formula is C21H26N2O3. The average molecular weight is 354 g/mol. The van der Waals surface area contributed by atoms with Crippen LogP contribution in [0.5, 0.6) is 5.75 Å². The highest BCUT2D eigenvalue weighted by atomic mass is 16.5. The Balaban J connectivity index is 1.92. The number of hydrogen-bond donors (Lipinski definition) is 2. The van der Waals surface area contributed by atoms with Crippen LogP contribution in [0.2, 0.25) is 0 Å². The Bertz CT molecular complexity index is 762. The molecule has 0 atom stereocenters. The normalized spacial score (nSPS) is 10.9. The van der Waals surface area contributed by atoms with E-state index in [-0.39, 0.29) is 17.4 Å². The van der Waals surface area contributed by atoms with E-state index in [1.165, 1.54) is 0 Å². The van der Waals surface area contributed by atoms with E-state index in [1.807, 2.05) is 45.0 Å². The number of carbonyl (C=O) groups excluding carboxylic acids is 2. The predicted octanol–water partition coefficient (Wildman–Crippen LogP) is 3.20. The maximum absolute atomic E-state index is 12.3. The van der Waals surface area contributed by atoms with Gasteiger partial charge in [0.05, 0.1) is 7.11 Å². The van der Waals surface area contributed by atoms with Crippen LogP contribution >= 0.6 is 0 Å². The first-order valence-electron chi connectivity index (χ1n) is 8.62. The Labute approximate surface area is 154 Å². The molecule has 0 aliphatic heterocycles. The van der Waals surface area contributed by atoms with Gasteiger partial charge in [-0.15, -0.1) is 0 Å². The zero-order valence-electron chi connectivity index (χ0n) is 15.8. The molecule has 2 N–H and O–H groups in total. The summed E-state index contributed by atoms with van der Waals surface area (Å²) >= 11 is 0. The lowest BCUT2D eigenvalue weighted by Crippen LogP contribution is -2.40. The highest BCUT2D eigenvalue weighted by Crippen LogP contribution is 2.12. The molecule has 0 fully saturated rings. The summed E-state index contributed by atoms with van der Waals surface area (Å²) < 4.78 is 5.13. The molecule has 0 unspecified atom stereocenters. The molecule has 26 heavy (non-hydrogen) atoms. The van der Waals surface area contributed by atoms with Gasteiger partial charge in [0.2, 0.25) is 0 Å². The third-order valence-electron chi connectivity index (χ3n) is 3.73. The minimum absolute atomic E-state index is 0.189. The van der Waals surface area contributed by atoms with Crippen molar-refractivity contribution in [2.24, 2.45) is 0 Å². The molecule has 0 spiro atoms. The van der Waals surface area contributed by atoms with Gasteiger partial charge in [-0.1, -0.05) is 18.2 Å². The first-order valence-corrected chi connectivity index (χ1v) is 8.62. The summed E-state index contributed by atoms with van der Waals surface area (Å²) in [6.07, 6.45) is 0.722. The number of methoxy groups -OCH3 is 1. The molecule has 0 heterocycles. The monoisotopic (exact) mass is 354 g/mol. The summed E-state index contributed by atoms with van der Waals surface area (Å²) in [5.41, 5.74) is 1.74. The molecule has 0 bridgehead atoms. The number of carbonyl (C=O) groups is 2. The van der Waals surface area contributed by atoms with Crippen LogP contribution in [0.4, 0.5) is 0 Å². The first kappa shape index (κ1) is 19.5. The van der Waals surface area contributed by atoms with Gasteiger partial charge < -0.3 is 15.4 Å². The molecule has 2 rings (SSSR count). The molecule has 5 nitrogen and oxygen atoms in total. The standard InChI is InChI=1S/C21H26N2O3/c1-21(2,3)23-20(25)17-7-5-6-16(14-17)19(24)22-13-12-15-8-10-18(26-4)11-9-15/h5-11,14H,12-13H2,1-4H3,(H,22,24)(H,23,25). The van der Waals surface area contributed by atoms with Crippen LogP contribution in [0.15, 0.2) is 48.5 Å². The highest BCUT2D eigenvalue weighted by molar-refractivity contribution is 5.99. The zero-order chi connectivity index (χ0) is 19.2. The topological polar surface area (TPSA) is 67.4 Å². The Morgan fingerprint density at radius 2 is 1.58 bits per heavy atom. The summed E-state index contributed by atoms with van der Waals surface area (Å²) in [5.74, 6) is 0.428. The molecule has 0 aliphatic rings. The molecule has 0 radical (unpaired) electrons. The fourth-order valence-electron chi connectivity index (χ4n) is 2.43. The summed E-state index contributed by atoms with van der Waals surface area (Å²) in [5, 5.41) is 5.78. The van der Waals surface area contributed by atoms with Crippen molar-refractivity contribution in [2.45, 2.75) is 32.7 Å². The van der Waals surface area contributed by atoms with Gasteiger partial charge in [-0.05, 0) is 63.1 Å². The minimum Gasteiger partial charge on any atom is -0.497 e. The van der Waals surface area contributed by atoms with Gasteiger partial charge in [-0.3, -0.25) is 9.59 Å². The summed E-state index contributed by atoms with van der Waals surface area (Å²) in [4.78, 5) is 24.6. The summed E-state index contributed by atoms with van der Waals surface area (Å²) in [6, 6.07) is 14.5. The lowest BCUT2D eigenvalue weighted by Gasteiger charge is -2.20. The molecule has 2 aromatic rings. The fraction of sp³-hybridized carbons (Fsp3) is 0.333. The number of ether oxygens (including phenoxy) is 1. The predicted molar refractivity (Wildman–Crippen MR) is 103 cm³/mol. The molecule has 0 saturated carbocycles. The van der Waals surface area contributed by atoms with E-state index in [1.54, 1.807) is 31.4 Å². The second kappa shape index (κ2) is 8.52. The Hall–Kier alpha value is -2.82. The Morgan fingerprint density at radius 3 is 2.15 bits per heavy atom. The molecule has 0 aromatic heterocycles. The van der Waals surface area contributed by atoms with E-state index in [2.05, 4.69) is 10.6 Å². The maximum atomic E-state index is 12.3. The fourth-order valence-corrected chi connectivity index (χ4v) is 2.43. The van der Waals surface area contributed by atoms with Crippen molar-refractivity contribution in [3.05, 3.63) is 65.2 Å². The number of nitrogens with one attached hydrogen (secondary N) is 2. The zero-order valence-corrected chi connectivity index (χ0v) is 15.8. The molecule has 0 saturated heterocycles. The van der Waals surface area contributed by atoms with Gasteiger partial charge in [-0.25, -0.2) is 0 Å². The molecule has 0 aliphatic carbocycles. The van der Waals surface area contributed by atoms with E-state index >= 15 is 0 Å². The third-order valence-corrected chi connectivity index (χ3v) is 3.73.